The third-order valence-electron chi connectivity index (χ3n) is 4.99. The maximum absolute atomic E-state index is 12.8. The second-order valence-electron chi connectivity index (χ2n) is 7.37. The Bertz CT molecular complexity index is 990. The number of carbonyl (C=O) groups is 1. The first-order valence-corrected chi connectivity index (χ1v) is 9.10. The Balaban J connectivity index is 1.54. The molecule has 0 unspecified atom stereocenters. The summed E-state index contributed by atoms with van der Waals surface area (Å²) >= 11 is 0. The molecule has 7 nitrogen and oxygen atoms in total. The van der Waals surface area contributed by atoms with E-state index in [4.69, 9.17) is 10.2 Å². The Morgan fingerprint density at radius 1 is 1.26 bits per heavy atom. The van der Waals surface area contributed by atoms with Gasteiger partial charge in [0.15, 0.2) is 0 Å². The molecule has 4 N–H and O–H groups in total. The number of nitrogens with two attached hydrogens (primary N) is 1. The lowest BCUT2D eigenvalue weighted by atomic mass is 10.1. The van der Waals surface area contributed by atoms with Crippen molar-refractivity contribution in [2.75, 3.05) is 17.6 Å². The first kappa shape index (κ1) is 17.3. The molecule has 1 fully saturated rings. The first-order valence-electron chi connectivity index (χ1n) is 9.10. The number of aryl methyl sites for hydroxylation is 1. The maximum Gasteiger partial charge on any atom is 0.255 e. The number of hydrogen-bond acceptors (Lipinski definition) is 6. The summed E-state index contributed by atoms with van der Waals surface area (Å²) in [6.45, 7) is 4.43. The van der Waals surface area contributed by atoms with E-state index in [0.29, 0.717) is 34.8 Å². The van der Waals surface area contributed by atoms with Gasteiger partial charge in [-0.1, -0.05) is 12.1 Å². The molecule has 0 spiro atoms. The molecule has 140 valence electrons. The van der Waals surface area contributed by atoms with Gasteiger partial charge >= 0.3 is 0 Å². The lowest BCUT2D eigenvalue weighted by molar-refractivity contribution is 0.0954. The molecule has 1 aliphatic carbocycles. The van der Waals surface area contributed by atoms with Crippen LogP contribution in [0.3, 0.4) is 0 Å². The van der Waals surface area contributed by atoms with E-state index in [0.717, 1.165) is 30.5 Å². The van der Waals surface area contributed by atoms with E-state index in [1.165, 1.54) is 6.33 Å². The molecule has 1 aliphatic rings. The number of aromatic nitrogens is 2. The predicted molar refractivity (Wildman–Crippen MR) is 105 cm³/mol. The van der Waals surface area contributed by atoms with E-state index in [2.05, 4.69) is 27.5 Å². The SMILES string of the molecule is Cc1oc2ncnc(NC3(C)CC3)c2c1C(=O)NCCc1ccc(N)cc1. The zero-order chi connectivity index (χ0) is 19.0. The minimum atomic E-state index is -0.180. The molecule has 0 bridgehead atoms. The normalized spacial score (nSPS) is 14.9. The van der Waals surface area contributed by atoms with Gasteiger partial charge in [0.05, 0.1) is 10.9 Å². The molecule has 1 aromatic carbocycles. The van der Waals surface area contributed by atoms with Crippen molar-refractivity contribution in [3.63, 3.8) is 0 Å². The van der Waals surface area contributed by atoms with Gasteiger partial charge in [-0.2, -0.15) is 0 Å². The van der Waals surface area contributed by atoms with Gasteiger partial charge in [-0.3, -0.25) is 4.79 Å². The zero-order valence-corrected chi connectivity index (χ0v) is 15.5. The van der Waals surface area contributed by atoms with Crippen molar-refractivity contribution in [1.29, 1.82) is 0 Å². The standard InChI is InChI=1S/C20H23N5O2/c1-12-15(18(26)22-10-7-13-3-5-14(21)6-4-13)16-17(25-20(2)8-9-20)23-11-24-19(16)27-12/h3-6,11H,7-10,21H2,1-2H3,(H,22,26)(H,23,24,25). The summed E-state index contributed by atoms with van der Waals surface area (Å²) in [7, 11) is 0. The Labute approximate surface area is 157 Å². The Hall–Kier alpha value is -3.09. The fourth-order valence-corrected chi connectivity index (χ4v) is 3.10. The van der Waals surface area contributed by atoms with Crippen LogP contribution in [0.4, 0.5) is 11.5 Å². The highest BCUT2D eigenvalue weighted by molar-refractivity contribution is 6.10. The lowest BCUT2D eigenvalue weighted by Gasteiger charge is -2.13. The molecule has 7 heteroatoms. The van der Waals surface area contributed by atoms with Crippen molar-refractivity contribution in [2.45, 2.75) is 38.6 Å². The van der Waals surface area contributed by atoms with Crippen LogP contribution in [0, 0.1) is 6.92 Å². The zero-order valence-electron chi connectivity index (χ0n) is 15.5. The van der Waals surface area contributed by atoms with Crippen LogP contribution in [0.25, 0.3) is 11.1 Å². The minimum Gasteiger partial charge on any atom is -0.442 e. The number of fused-ring (bicyclic) bond motifs is 1. The molecule has 4 rings (SSSR count). The fourth-order valence-electron chi connectivity index (χ4n) is 3.10. The fraction of sp³-hybridized carbons (Fsp3) is 0.350. The van der Waals surface area contributed by atoms with E-state index < -0.39 is 0 Å². The topological polar surface area (TPSA) is 106 Å². The summed E-state index contributed by atoms with van der Waals surface area (Å²) in [6, 6.07) is 7.65. The molecule has 27 heavy (non-hydrogen) atoms. The Morgan fingerprint density at radius 3 is 2.70 bits per heavy atom. The van der Waals surface area contributed by atoms with Crippen molar-refractivity contribution < 1.29 is 9.21 Å². The summed E-state index contributed by atoms with van der Waals surface area (Å²) in [4.78, 5) is 21.4. The van der Waals surface area contributed by atoms with Gasteiger partial charge in [-0.25, -0.2) is 9.97 Å². The number of benzene rings is 1. The molecule has 3 aromatic rings. The summed E-state index contributed by atoms with van der Waals surface area (Å²) in [6.07, 6.45) is 4.35. The van der Waals surface area contributed by atoms with E-state index in [9.17, 15) is 4.79 Å². The van der Waals surface area contributed by atoms with Crippen LogP contribution in [0.2, 0.25) is 0 Å². The molecule has 0 atom stereocenters. The largest absolute Gasteiger partial charge is 0.442 e. The highest BCUT2D eigenvalue weighted by atomic mass is 16.3. The van der Waals surface area contributed by atoms with Crippen LogP contribution in [0.1, 0.15) is 41.4 Å². The molecule has 2 heterocycles. The molecule has 0 radical (unpaired) electrons. The number of anilines is 2. The van der Waals surface area contributed by atoms with Crippen LogP contribution in [0.15, 0.2) is 35.0 Å². The minimum absolute atomic E-state index is 0.0371. The maximum atomic E-state index is 12.8. The van der Waals surface area contributed by atoms with E-state index in [1.54, 1.807) is 6.92 Å². The summed E-state index contributed by atoms with van der Waals surface area (Å²) < 4.78 is 5.71. The Morgan fingerprint density at radius 2 is 2.00 bits per heavy atom. The van der Waals surface area contributed by atoms with Crippen LogP contribution < -0.4 is 16.4 Å². The average Bonchev–Trinajstić information content (AvgIpc) is 3.25. The monoisotopic (exact) mass is 365 g/mol. The van der Waals surface area contributed by atoms with Gasteiger partial charge in [0.2, 0.25) is 5.71 Å². The van der Waals surface area contributed by atoms with Gasteiger partial charge < -0.3 is 20.8 Å². The first-order chi connectivity index (χ1) is 13.0. The third kappa shape index (κ3) is 3.58. The second-order valence-corrected chi connectivity index (χ2v) is 7.37. The quantitative estimate of drug-likeness (QED) is 0.580. The van der Waals surface area contributed by atoms with E-state index >= 15 is 0 Å². The number of nitrogens with one attached hydrogen (secondary N) is 2. The van der Waals surface area contributed by atoms with Gasteiger partial charge in [0.25, 0.3) is 5.91 Å². The summed E-state index contributed by atoms with van der Waals surface area (Å²) in [5.74, 6) is 1.01. The molecular formula is C20H23N5O2. The van der Waals surface area contributed by atoms with E-state index in [1.807, 2.05) is 24.3 Å². The third-order valence-corrected chi connectivity index (χ3v) is 4.99. The molecule has 1 saturated carbocycles. The van der Waals surface area contributed by atoms with Gasteiger partial charge in [-0.15, -0.1) is 0 Å². The van der Waals surface area contributed by atoms with Gasteiger partial charge in [-0.05, 0) is 50.8 Å². The summed E-state index contributed by atoms with van der Waals surface area (Å²) in [5.41, 5.74) is 8.51. The van der Waals surface area contributed by atoms with Crippen molar-refractivity contribution in [3.8, 4) is 0 Å². The molecule has 0 aliphatic heterocycles. The van der Waals surface area contributed by atoms with Crippen molar-refractivity contribution >= 4 is 28.5 Å². The molecule has 1 amide bonds. The van der Waals surface area contributed by atoms with Crippen molar-refractivity contribution in [2.24, 2.45) is 0 Å². The highest BCUT2D eigenvalue weighted by Gasteiger charge is 2.38. The number of furan rings is 1. The van der Waals surface area contributed by atoms with Crippen LogP contribution in [-0.4, -0.2) is 28.0 Å². The summed E-state index contributed by atoms with van der Waals surface area (Å²) in [5, 5.41) is 7.05. The van der Waals surface area contributed by atoms with Crippen LogP contribution in [0.5, 0.6) is 0 Å². The lowest BCUT2D eigenvalue weighted by Crippen LogP contribution is -2.26. The molecular weight excluding hydrogens is 342 g/mol. The Kier molecular flexibility index (Phi) is 4.22. The number of rotatable bonds is 6. The smallest absolute Gasteiger partial charge is 0.255 e. The number of amides is 1. The van der Waals surface area contributed by atoms with Crippen molar-refractivity contribution in [3.05, 3.63) is 47.5 Å². The predicted octanol–water partition coefficient (Wildman–Crippen LogP) is 3.05. The number of hydrogen-bond donors (Lipinski definition) is 3. The molecule has 2 aromatic heterocycles. The van der Waals surface area contributed by atoms with Gasteiger partial charge in [0.1, 0.15) is 17.9 Å². The number of nitrogen functional groups attached to an aromatic ring is 1. The van der Waals surface area contributed by atoms with Crippen molar-refractivity contribution in [1.82, 2.24) is 15.3 Å². The van der Waals surface area contributed by atoms with Crippen LogP contribution >= 0.6 is 0 Å². The number of nitrogens with zero attached hydrogens (tertiary/aromatic N) is 2. The molecule has 0 saturated heterocycles. The van der Waals surface area contributed by atoms with Crippen LogP contribution in [-0.2, 0) is 6.42 Å². The van der Waals surface area contributed by atoms with Gasteiger partial charge in [0, 0.05) is 17.8 Å². The van der Waals surface area contributed by atoms with E-state index in [-0.39, 0.29) is 11.4 Å². The second kappa shape index (κ2) is 6.57. The average molecular weight is 365 g/mol. The highest BCUT2D eigenvalue weighted by Crippen LogP contribution is 2.40. The number of carbonyl (C=O) groups excluding carboxylic acids is 1.